The first kappa shape index (κ1) is 21.1. The average Bonchev–Trinajstić information content (AvgIpc) is 2.67. The summed E-state index contributed by atoms with van der Waals surface area (Å²) in [5.74, 6) is -0.505. The number of hydrogen-bond donors (Lipinski definition) is 1. The smallest absolute Gasteiger partial charge is 0.337 e. The molecule has 7 heteroatoms. The largest absolute Gasteiger partial charge is 0.465 e. The number of esters is 1. The molecule has 0 aromatic heterocycles. The number of nitrogens with one attached hydrogen (secondary N) is 1. The molecule has 0 aliphatic rings. The first-order valence-electron chi connectivity index (χ1n) is 8.71. The number of nitrogens with zero attached hydrogens (tertiary/aromatic N) is 1. The fourth-order valence-electron chi connectivity index (χ4n) is 2.73. The van der Waals surface area contributed by atoms with Crippen LogP contribution in [0.2, 0.25) is 0 Å². The van der Waals surface area contributed by atoms with Crippen molar-refractivity contribution in [3.63, 3.8) is 0 Å². The van der Waals surface area contributed by atoms with E-state index in [1.54, 1.807) is 0 Å². The highest BCUT2D eigenvalue weighted by Gasteiger charge is 2.20. The minimum Gasteiger partial charge on any atom is -0.465 e. The molecule has 1 N–H and O–H groups in total. The minimum absolute atomic E-state index is 0.0972. The summed E-state index contributed by atoms with van der Waals surface area (Å²) in [6.45, 7) is 2.33. The molecular formula is C20H26N2O4S. The van der Waals surface area contributed by atoms with Crippen molar-refractivity contribution in [3.05, 3.63) is 65.2 Å². The molecule has 0 fully saturated rings. The molecule has 0 aliphatic carbocycles. The van der Waals surface area contributed by atoms with E-state index in [0.717, 1.165) is 12.0 Å². The topological polar surface area (TPSA) is 75.7 Å². The van der Waals surface area contributed by atoms with Crippen molar-refractivity contribution in [1.82, 2.24) is 9.62 Å². The van der Waals surface area contributed by atoms with Gasteiger partial charge < -0.3 is 9.64 Å². The third-order valence-corrected chi connectivity index (χ3v) is 5.89. The number of carbonyl (C=O) groups excluding carboxylic acids is 1. The van der Waals surface area contributed by atoms with Crippen molar-refractivity contribution in [1.29, 1.82) is 0 Å². The van der Waals surface area contributed by atoms with Gasteiger partial charge in [-0.3, -0.25) is 0 Å². The number of rotatable bonds is 8. The molecule has 2 rings (SSSR count). The van der Waals surface area contributed by atoms with Gasteiger partial charge in [0.2, 0.25) is 10.0 Å². The summed E-state index contributed by atoms with van der Waals surface area (Å²) in [7, 11) is 1.42. The molecule has 0 radical (unpaired) electrons. The summed E-state index contributed by atoms with van der Waals surface area (Å²) < 4.78 is 32.5. The zero-order valence-corrected chi connectivity index (χ0v) is 16.9. The van der Waals surface area contributed by atoms with Gasteiger partial charge in [-0.25, -0.2) is 17.9 Å². The van der Waals surface area contributed by atoms with E-state index in [1.807, 2.05) is 31.1 Å². The molecule has 1 unspecified atom stereocenters. The lowest BCUT2D eigenvalue weighted by atomic mass is 10.0. The first-order valence-corrected chi connectivity index (χ1v) is 10.2. The Bertz CT molecular complexity index is 860. The van der Waals surface area contributed by atoms with E-state index in [9.17, 15) is 13.2 Å². The zero-order valence-electron chi connectivity index (χ0n) is 16.1. The number of carbonyl (C=O) groups is 1. The van der Waals surface area contributed by atoms with Crippen LogP contribution in [0.1, 0.15) is 34.5 Å². The van der Waals surface area contributed by atoms with Crippen LogP contribution in [0.5, 0.6) is 0 Å². The van der Waals surface area contributed by atoms with Crippen LogP contribution in [0.15, 0.2) is 53.4 Å². The van der Waals surface area contributed by atoms with Gasteiger partial charge in [0.05, 0.1) is 17.6 Å². The molecule has 0 spiro atoms. The minimum atomic E-state index is -3.69. The van der Waals surface area contributed by atoms with E-state index < -0.39 is 16.0 Å². The number of methoxy groups -OCH3 is 1. The van der Waals surface area contributed by atoms with Crippen molar-refractivity contribution in [2.45, 2.75) is 24.3 Å². The quantitative estimate of drug-likeness (QED) is 0.701. The number of sulfonamides is 1. The molecule has 146 valence electrons. The third-order valence-electron chi connectivity index (χ3n) is 4.45. The Morgan fingerprint density at radius 2 is 1.67 bits per heavy atom. The van der Waals surface area contributed by atoms with Crippen LogP contribution < -0.4 is 4.72 Å². The molecule has 1 atom stereocenters. The first-order chi connectivity index (χ1) is 12.8. The van der Waals surface area contributed by atoms with Crippen molar-refractivity contribution < 1.29 is 17.9 Å². The van der Waals surface area contributed by atoms with Crippen LogP contribution in [0, 0.1) is 0 Å². The van der Waals surface area contributed by atoms with Crippen LogP contribution in [-0.4, -0.2) is 47.0 Å². The molecule has 0 heterocycles. The van der Waals surface area contributed by atoms with Gasteiger partial charge in [0.1, 0.15) is 0 Å². The molecule has 2 aromatic rings. The van der Waals surface area contributed by atoms with Crippen molar-refractivity contribution in [2.75, 3.05) is 27.7 Å². The maximum Gasteiger partial charge on any atom is 0.337 e. The summed E-state index contributed by atoms with van der Waals surface area (Å²) in [5.41, 5.74) is 2.59. The summed E-state index contributed by atoms with van der Waals surface area (Å²) in [6, 6.07) is 13.8. The Morgan fingerprint density at radius 3 is 2.15 bits per heavy atom. The van der Waals surface area contributed by atoms with Crippen LogP contribution in [0.3, 0.4) is 0 Å². The standard InChI is InChI=1S/C20H26N2O4S/c1-5-15-6-8-16(9-7-15)19(22(2)3)14-21-27(24,25)18-12-10-17(11-13-18)20(23)26-4/h6-13,19,21H,5,14H2,1-4H3. The Morgan fingerprint density at radius 1 is 1.07 bits per heavy atom. The lowest BCUT2D eigenvalue weighted by Gasteiger charge is -2.25. The third kappa shape index (κ3) is 5.38. The van der Waals surface area contributed by atoms with Gasteiger partial charge in [0.15, 0.2) is 0 Å². The molecule has 2 aromatic carbocycles. The Kier molecular flexibility index (Phi) is 7.12. The van der Waals surface area contributed by atoms with Gasteiger partial charge in [-0.2, -0.15) is 0 Å². The van der Waals surface area contributed by atoms with Gasteiger partial charge in [0.25, 0.3) is 0 Å². The fraction of sp³-hybridized carbons (Fsp3) is 0.350. The summed E-state index contributed by atoms with van der Waals surface area (Å²) in [5, 5.41) is 0. The molecule has 0 saturated heterocycles. The molecule has 0 amide bonds. The number of hydrogen-bond acceptors (Lipinski definition) is 5. The van der Waals surface area contributed by atoms with E-state index in [4.69, 9.17) is 0 Å². The van der Waals surface area contributed by atoms with Gasteiger partial charge in [-0.05, 0) is 55.9 Å². The number of aryl methyl sites for hydroxylation is 1. The normalized spacial score (nSPS) is 12.8. The van der Waals surface area contributed by atoms with E-state index in [-0.39, 0.29) is 17.5 Å². The predicted molar refractivity (Wildman–Crippen MR) is 105 cm³/mol. The molecular weight excluding hydrogens is 364 g/mol. The molecule has 6 nitrogen and oxygen atoms in total. The van der Waals surface area contributed by atoms with Crippen molar-refractivity contribution >= 4 is 16.0 Å². The highest BCUT2D eigenvalue weighted by molar-refractivity contribution is 7.89. The van der Waals surface area contributed by atoms with Gasteiger partial charge in [0, 0.05) is 12.6 Å². The van der Waals surface area contributed by atoms with Crippen LogP contribution in [-0.2, 0) is 21.2 Å². The van der Waals surface area contributed by atoms with Gasteiger partial charge in [-0.15, -0.1) is 0 Å². The maximum absolute atomic E-state index is 12.6. The second kappa shape index (κ2) is 9.12. The summed E-state index contributed by atoms with van der Waals surface area (Å²) in [6.07, 6.45) is 0.959. The van der Waals surface area contributed by atoms with E-state index in [0.29, 0.717) is 5.56 Å². The Balaban J connectivity index is 2.14. The van der Waals surface area contributed by atoms with Crippen LogP contribution in [0.4, 0.5) is 0 Å². The van der Waals surface area contributed by atoms with Crippen molar-refractivity contribution in [2.24, 2.45) is 0 Å². The monoisotopic (exact) mass is 390 g/mol. The lowest BCUT2D eigenvalue weighted by Crippen LogP contribution is -2.34. The SMILES string of the molecule is CCc1ccc(C(CNS(=O)(=O)c2ccc(C(=O)OC)cc2)N(C)C)cc1. The fourth-order valence-corrected chi connectivity index (χ4v) is 3.77. The van der Waals surface area contributed by atoms with E-state index in [2.05, 4.69) is 28.5 Å². The Labute approximate surface area is 161 Å². The molecule has 27 heavy (non-hydrogen) atoms. The predicted octanol–water partition coefficient (Wildman–Crippen LogP) is 2.62. The average molecular weight is 391 g/mol. The zero-order chi connectivity index (χ0) is 20.0. The van der Waals surface area contributed by atoms with Gasteiger partial charge >= 0.3 is 5.97 Å². The highest BCUT2D eigenvalue weighted by atomic mass is 32.2. The molecule has 0 saturated carbocycles. The second-order valence-corrected chi connectivity index (χ2v) is 8.21. The van der Waals surface area contributed by atoms with E-state index >= 15 is 0 Å². The summed E-state index contributed by atoms with van der Waals surface area (Å²) >= 11 is 0. The van der Waals surface area contributed by atoms with Crippen molar-refractivity contribution in [3.8, 4) is 0 Å². The maximum atomic E-state index is 12.6. The van der Waals surface area contributed by atoms with Crippen LogP contribution >= 0.6 is 0 Å². The molecule has 0 bridgehead atoms. The lowest BCUT2D eigenvalue weighted by molar-refractivity contribution is 0.0600. The number of likely N-dealkylation sites (N-methyl/N-ethyl adjacent to an activating group) is 1. The summed E-state index contributed by atoms with van der Waals surface area (Å²) in [4.78, 5) is 13.6. The number of ether oxygens (including phenoxy) is 1. The second-order valence-electron chi connectivity index (χ2n) is 6.44. The van der Waals surface area contributed by atoms with Gasteiger partial charge in [-0.1, -0.05) is 31.2 Å². The Hall–Kier alpha value is -2.22. The number of benzene rings is 2. The van der Waals surface area contributed by atoms with E-state index in [1.165, 1.54) is 36.9 Å². The highest BCUT2D eigenvalue weighted by Crippen LogP contribution is 2.20. The molecule has 0 aliphatic heterocycles. The van der Waals surface area contributed by atoms with Crippen LogP contribution in [0.25, 0.3) is 0 Å².